The average Bonchev–Trinajstić information content (AvgIpc) is 2.58. The van der Waals surface area contributed by atoms with E-state index in [4.69, 9.17) is 16.3 Å². The minimum Gasteiger partial charge on any atom is -0.494 e. The maximum absolute atomic E-state index is 13.7. The van der Waals surface area contributed by atoms with Crippen molar-refractivity contribution in [3.63, 3.8) is 0 Å². The second-order valence-electron chi connectivity index (χ2n) is 5.03. The second kappa shape index (κ2) is 8.45. The van der Waals surface area contributed by atoms with Gasteiger partial charge in [-0.15, -0.1) is 0 Å². The highest BCUT2D eigenvalue weighted by atomic mass is 35.5. The van der Waals surface area contributed by atoms with Crippen LogP contribution < -0.4 is 10.1 Å². The third kappa shape index (κ3) is 4.80. The van der Waals surface area contributed by atoms with Crippen molar-refractivity contribution in [3.05, 3.63) is 58.9 Å². The van der Waals surface area contributed by atoms with Gasteiger partial charge in [0.15, 0.2) is 11.6 Å². The van der Waals surface area contributed by atoms with Gasteiger partial charge in [-0.1, -0.05) is 17.7 Å². The molecule has 0 saturated heterocycles. The Morgan fingerprint density at radius 1 is 1.12 bits per heavy atom. The standard InChI is InChI=1S/C18H17ClFNO3/c1-2-24-13-8-6-12(7-9-13)16(22)10-11-17(23)21-15-5-3-4-14(19)18(15)20/h3-9H,2,10-11H2,1H3,(H,21,23). The molecule has 0 unspecified atom stereocenters. The van der Waals surface area contributed by atoms with Crippen LogP contribution in [0.4, 0.5) is 10.1 Å². The Balaban J connectivity index is 1.89. The van der Waals surface area contributed by atoms with Gasteiger partial charge in [0.1, 0.15) is 5.75 Å². The predicted molar refractivity (Wildman–Crippen MR) is 91.2 cm³/mol. The van der Waals surface area contributed by atoms with Gasteiger partial charge in [0.25, 0.3) is 0 Å². The molecule has 2 rings (SSSR count). The first-order valence-corrected chi connectivity index (χ1v) is 7.89. The van der Waals surface area contributed by atoms with E-state index in [-0.39, 0.29) is 29.3 Å². The number of hydrogen-bond acceptors (Lipinski definition) is 3. The van der Waals surface area contributed by atoms with Crippen molar-refractivity contribution in [2.45, 2.75) is 19.8 Å². The van der Waals surface area contributed by atoms with Gasteiger partial charge in [0.05, 0.1) is 17.3 Å². The summed E-state index contributed by atoms with van der Waals surface area (Å²) >= 11 is 5.65. The lowest BCUT2D eigenvalue weighted by molar-refractivity contribution is -0.116. The Labute approximate surface area is 144 Å². The number of benzene rings is 2. The number of carbonyl (C=O) groups is 2. The maximum Gasteiger partial charge on any atom is 0.224 e. The van der Waals surface area contributed by atoms with E-state index >= 15 is 0 Å². The molecule has 0 aromatic heterocycles. The molecular weight excluding hydrogens is 333 g/mol. The molecule has 6 heteroatoms. The monoisotopic (exact) mass is 349 g/mol. The van der Waals surface area contributed by atoms with Crippen LogP contribution in [0, 0.1) is 5.82 Å². The largest absolute Gasteiger partial charge is 0.494 e. The third-order valence-corrected chi connectivity index (χ3v) is 3.58. The summed E-state index contributed by atoms with van der Waals surface area (Å²) in [5.74, 6) is -0.621. The Hall–Kier alpha value is -2.40. The summed E-state index contributed by atoms with van der Waals surface area (Å²) < 4.78 is 19.0. The van der Waals surface area contributed by atoms with Crippen LogP contribution >= 0.6 is 11.6 Å². The fourth-order valence-corrected chi connectivity index (χ4v) is 2.26. The first-order chi connectivity index (χ1) is 11.5. The molecule has 0 radical (unpaired) electrons. The molecule has 0 fully saturated rings. The number of ketones is 1. The molecule has 0 spiro atoms. The Bertz CT molecular complexity index is 732. The Morgan fingerprint density at radius 3 is 2.50 bits per heavy atom. The van der Waals surface area contributed by atoms with E-state index in [0.717, 1.165) is 0 Å². The highest BCUT2D eigenvalue weighted by Gasteiger charge is 2.12. The normalized spacial score (nSPS) is 10.3. The molecule has 0 aliphatic carbocycles. The molecule has 2 aromatic carbocycles. The third-order valence-electron chi connectivity index (χ3n) is 3.29. The molecule has 1 N–H and O–H groups in total. The molecule has 0 atom stereocenters. The average molecular weight is 350 g/mol. The van der Waals surface area contributed by atoms with Gasteiger partial charge in [0.2, 0.25) is 5.91 Å². The number of ether oxygens (including phenoxy) is 1. The Kier molecular flexibility index (Phi) is 6.32. The van der Waals surface area contributed by atoms with Crippen LogP contribution in [0.2, 0.25) is 5.02 Å². The lowest BCUT2D eigenvalue weighted by atomic mass is 10.1. The summed E-state index contributed by atoms with van der Waals surface area (Å²) in [5.41, 5.74) is 0.501. The molecule has 0 saturated carbocycles. The van der Waals surface area contributed by atoms with E-state index in [1.54, 1.807) is 24.3 Å². The van der Waals surface area contributed by atoms with Crippen LogP contribution in [0.3, 0.4) is 0 Å². The molecule has 4 nitrogen and oxygen atoms in total. The summed E-state index contributed by atoms with van der Waals surface area (Å²) in [7, 11) is 0. The fraction of sp³-hybridized carbons (Fsp3) is 0.222. The SMILES string of the molecule is CCOc1ccc(C(=O)CCC(=O)Nc2cccc(Cl)c2F)cc1. The van der Waals surface area contributed by atoms with E-state index in [2.05, 4.69) is 5.32 Å². The summed E-state index contributed by atoms with van der Waals surface area (Å²) in [6, 6.07) is 11.1. The van der Waals surface area contributed by atoms with Crippen molar-refractivity contribution in [2.24, 2.45) is 0 Å². The number of amides is 1. The van der Waals surface area contributed by atoms with Crippen molar-refractivity contribution in [1.82, 2.24) is 0 Å². The zero-order valence-electron chi connectivity index (χ0n) is 13.1. The van der Waals surface area contributed by atoms with Crippen LogP contribution in [-0.4, -0.2) is 18.3 Å². The van der Waals surface area contributed by atoms with Crippen molar-refractivity contribution in [2.75, 3.05) is 11.9 Å². The summed E-state index contributed by atoms with van der Waals surface area (Å²) in [6.45, 7) is 2.42. The molecule has 24 heavy (non-hydrogen) atoms. The number of anilines is 1. The molecule has 126 valence electrons. The quantitative estimate of drug-likeness (QED) is 0.750. The molecular formula is C18H17ClFNO3. The van der Waals surface area contributed by atoms with Crippen LogP contribution in [0.25, 0.3) is 0 Å². The van der Waals surface area contributed by atoms with E-state index in [1.807, 2.05) is 6.92 Å². The van der Waals surface area contributed by atoms with E-state index in [9.17, 15) is 14.0 Å². The number of rotatable bonds is 7. The number of halogens is 2. The van der Waals surface area contributed by atoms with Gasteiger partial charge >= 0.3 is 0 Å². The number of carbonyl (C=O) groups excluding carboxylic acids is 2. The fourth-order valence-electron chi connectivity index (χ4n) is 2.09. The topological polar surface area (TPSA) is 55.4 Å². The van der Waals surface area contributed by atoms with Gasteiger partial charge in [0, 0.05) is 18.4 Å². The van der Waals surface area contributed by atoms with Crippen molar-refractivity contribution < 1.29 is 18.7 Å². The minimum absolute atomic E-state index is 0.000941. The first-order valence-electron chi connectivity index (χ1n) is 7.51. The van der Waals surface area contributed by atoms with Crippen molar-refractivity contribution in [3.8, 4) is 5.75 Å². The van der Waals surface area contributed by atoms with Gasteiger partial charge in [-0.2, -0.15) is 0 Å². The van der Waals surface area contributed by atoms with Gasteiger partial charge in [-0.25, -0.2) is 4.39 Å². The van der Waals surface area contributed by atoms with E-state index in [0.29, 0.717) is 17.9 Å². The van der Waals surface area contributed by atoms with E-state index in [1.165, 1.54) is 18.2 Å². The Morgan fingerprint density at radius 2 is 1.83 bits per heavy atom. The predicted octanol–water partition coefficient (Wildman–Crippen LogP) is 4.48. The first kappa shape index (κ1) is 17.9. The van der Waals surface area contributed by atoms with Gasteiger partial charge < -0.3 is 10.1 Å². The smallest absolute Gasteiger partial charge is 0.224 e. The molecule has 0 bridgehead atoms. The molecule has 0 aliphatic heterocycles. The maximum atomic E-state index is 13.7. The summed E-state index contributed by atoms with van der Waals surface area (Å²) in [6.07, 6.45) is -0.0139. The highest BCUT2D eigenvalue weighted by molar-refractivity contribution is 6.31. The van der Waals surface area contributed by atoms with Gasteiger partial charge in [-0.3, -0.25) is 9.59 Å². The summed E-state index contributed by atoms with van der Waals surface area (Å²) in [4.78, 5) is 23.9. The lowest BCUT2D eigenvalue weighted by Gasteiger charge is -2.07. The second-order valence-corrected chi connectivity index (χ2v) is 5.44. The van der Waals surface area contributed by atoms with Gasteiger partial charge in [-0.05, 0) is 43.3 Å². The molecule has 0 heterocycles. The molecule has 1 amide bonds. The number of Topliss-reactive ketones (excluding diaryl/α,β-unsaturated/α-hetero) is 1. The number of nitrogens with one attached hydrogen (secondary N) is 1. The zero-order valence-corrected chi connectivity index (χ0v) is 13.9. The molecule has 2 aromatic rings. The highest BCUT2D eigenvalue weighted by Crippen LogP contribution is 2.22. The van der Waals surface area contributed by atoms with Crippen molar-refractivity contribution in [1.29, 1.82) is 0 Å². The minimum atomic E-state index is -0.689. The summed E-state index contributed by atoms with van der Waals surface area (Å²) in [5, 5.41) is 2.34. The molecule has 0 aliphatic rings. The number of hydrogen-bond donors (Lipinski definition) is 1. The van der Waals surface area contributed by atoms with Crippen molar-refractivity contribution >= 4 is 29.0 Å². The van der Waals surface area contributed by atoms with E-state index < -0.39 is 11.7 Å². The lowest BCUT2D eigenvalue weighted by Crippen LogP contribution is -2.14. The van der Waals surface area contributed by atoms with Crippen LogP contribution in [0.1, 0.15) is 30.1 Å². The van der Waals surface area contributed by atoms with Crippen LogP contribution in [0.15, 0.2) is 42.5 Å². The zero-order chi connectivity index (χ0) is 17.5. The van der Waals surface area contributed by atoms with Crippen LogP contribution in [0.5, 0.6) is 5.75 Å². The van der Waals surface area contributed by atoms with Crippen LogP contribution in [-0.2, 0) is 4.79 Å².